The van der Waals surface area contributed by atoms with E-state index < -0.39 is 5.41 Å². The fraction of sp³-hybridized carbons (Fsp3) is 0.350. The van der Waals surface area contributed by atoms with Crippen LogP contribution in [0.2, 0.25) is 0 Å². The molecule has 1 amide bonds. The molecule has 23 heavy (non-hydrogen) atoms. The van der Waals surface area contributed by atoms with Crippen molar-refractivity contribution in [2.24, 2.45) is 5.41 Å². The van der Waals surface area contributed by atoms with Gasteiger partial charge in [0.15, 0.2) is 0 Å². The van der Waals surface area contributed by atoms with E-state index in [4.69, 9.17) is 0 Å². The van der Waals surface area contributed by atoms with Crippen molar-refractivity contribution < 1.29 is 4.79 Å². The van der Waals surface area contributed by atoms with Crippen molar-refractivity contribution in [2.75, 3.05) is 0 Å². The Morgan fingerprint density at radius 3 is 2.35 bits per heavy atom. The number of hydrazine groups is 1. The van der Waals surface area contributed by atoms with Crippen molar-refractivity contribution in [3.63, 3.8) is 0 Å². The van der Waals surface area contributed by atoms with Gasteiger partial charge in [0, 0.05) is 5.70 Å². The summed E-state index contributed by atoms with van der Waals surface area (Å²) in [5.74, 6) is 0.0000292. The van der Waals surface area contributed by atoms with Crippen LogP contribution in [-0.4, -0.2) is 5.91 Å². The molecule has 3 nitrogen and oxygen atoms in total. The highest BCUT2D eigenvalue weighted by molar-refractivity contribution is 5.94. The highest BCUT2D eigenvalue weighted by atomic mass is 16.2. The quantitative estimate of drug-likeness (QED) is 0.831. The van der Waals surface area contributed by atoms with Crippen molar-refractivity contribution in [2.45, 2.75) is 40.0 Å². The van der Waals surface area contributed by atoms with Gasteiger partial charge in [0.2, 0.25) is 5.91 Å². The molecule has 1 saturated heterocycles. The second-order valence-corrected chi connectivity index (χ2v) is 7.80. The molecule has 2 N–H and O–H groups in total. The number of hydrogen-bond donors (Lipinski definition) is 2. The zero-order valence-corrected chi connectivity index (χ0v) is 14.4. The fourth-order valence-corrected chi connectivity index (χ4v) is 2.82. The summed E-state index contributed by atoms with van der Waals surface area (Å²) in [7, 11) is 0. The summed E-state index contributed by atoms with van der Waals surface area (Å²) in [5, 5.41) is 2.42. The van der Waals surface area contributed by atoms with Crippen LogP contribution in [0.4, 0.5) is 0 Å². The first kappa shape index (κ1) is 15.6. The Bertz CT molecular complexity index is 810. The summed E-state index contributed by atoms with van der Waals surface area (Å²) < 4.78 is 0. The number of hydrogen-bond acceptors (Lipinski definition) is 2. The predicted molar refractivity (Wildman–Crippen MR) is 95.7 cm³/mol. The first-order valence-corrected chi connectivity index (χ1v) is 8.01. The molecule has 1 aliphatic rings. The van der Waals surface area contributed by atoms with E-state index in [0.29, 0.717) is 0 Å². The molecule has 0 saturated carbocycles. The smallest absolute Gasteiger partial charge is 0.249 e. The third-order valence-corrected chi connectivity index (χ3v) is 4.61. The van der Waals surface area contributed by atoms with Crippen LogP contribution in [-0.2, 0) is 10.2 Å². The van der Waals surface area contributed by atoms with Crippen LogP contribution in [0.3, 0.4) is 0 Å². The van der Waals surface area contributed by atoms with Gasteiger partial charge in [-0.05, 0) is 47.2 Å². The predicted octanol–water partition coefficient (Wildman–Crippen LogP) is 4.14. The number of rotatable bonds is 1. The molecular formula is C20H24N2O. The molecule has 0 aromatic heterocycles. The standard InChI is InChI=1S/C20H24N2O/c1-19(2,3)15-10-13-8-6-7-9-16(13)14(11-15)12-17-20(4,5)18(23)22-21-17/h6-12,21H,1-5H3,(H,22,23)/b17-12-. The number of nitrogens with one attached hydrogen (secondary N) is 2. The second-order valence-electron chi connectivity index (χ2n) is 7.80. The molecule has 2 aromatic carbocycles. The third-order valence-electron chi connectivity index (χ3n) is 4.61. The van der Waals surface area contributed by atoms with Crippen LogP contribution in [0.1, 0.15) is 45.7 Å². The highest BCUT2D eigenvalue weighted by Gasteiger charge is 2.37. The maximum atomic E-state index is 12.0. The van der Waals surface area contributed by atoms with E-state index in [1.165, 1.54) is 16.3 Å². The van der Waals surface area contributed by atoms with E-state index in [1.54, 1.807) is 0 Å². The molecule has 0 bridgehead atoms. The van der Waals surface area contributed by atoms with Gasteiger partial charge in [-0.2, -0.15) is 0 Å². The number of carbonyl (C=O) groups is 1. The van der Waals surface area contributed by atoms with E-state index in [-0.39, 0.29) is 11.3 Å². The summed E-state index contributed by atoms with van der Waals surface area (Å²) in [6.45, 7) is 10.5. The Morgan fingerprint density at radius 2 is 1.74 bits per heavy atom. The van der Waals surface area contributed by atoms with Crippen molar-refractivity contribution in [3.05, 3.63) is 53.2 Å². The Hall–Kier alpha value is -2.29. The van der Waals surface area contributed by atoms with E-state index in [9.17, 15) is 4.79 Å². The van der Waals surface area contributed by atoms with Crippen LogP contribution in [0, 0.1) is 5.41 Å². The van der Waals surface area contributed by atoms with Gasteiger partial charge in [0.1, 0.15) is 0 Å². The van der Waals surface area contributed by atoms with Gasteiger partial charge < -0.3 is 5.43 Å². The minimum atomic E-state index is -0.543. The van der Waals surface area contributed by atoms with Crippen LogP contribution in [0.25, 0.3) is 16.8 Å². The Morgan fingerprint density at radius 1 is 1.04 bits per heavy atom. The number of benzene rings is 2. The Labute approximate surface area is 137 Å². The summed E-state index contributed by atoms with van der Waals surface area (Å²) in [6.07, 6.45) is 2.09. The molecule has 0 atom stereocenters. The topological polar surface area (TPSA) is 41.1 Å². The molecular weight excluding hydrogens is 284 g/mol. The van der Waals surface area contributed by atoms with Crippen molar-refractivity contribution in [1.29, 1.82) is 0 Å². The van der Waals surface area contributed by atoms with E-state index in [2.05, 4.69) is 74.1 Å². The average molecular weight is 308 g/mol. The fourth-order valence-electron chi connectivity index (χ4n) is 2.82. The zero-order valence-electron chi connectivity index (χ0n) is 14.4. The molecule has 0 radical (unpaired) electrons. The maximum absolute atomic E-state index is 12.0. The molecule has 0 unspecified atom stereocenters. The van der Waals surface area contributed by atoms with E-state index >= 15 is 0 Å². The lowest BCUT2D eigenvalue weighted by atomic mass is 9.83. The van der Waals surface area contributed by atoms with Gasteiger partial charge in [-0.15, -0.1) is 0 Å². The molecule has 1 fully saturated rings. The van der Waals surface area contributed by atoms with Gasteiger partial charge in [-0.3, -0.25) is 10.2 Å². The van der Waals surface area contributed by atoms with Crippen molar-refractivity contribution in [1.82, 2.24) is 10.9 Å². The van der Waals surface area contributed by atoms with E-state index in [0.717, 1.165) is 11.3 Å². The lowest BCUT2D eigenvalue weighted by molar-refractivity contribution is -0.125. The molecule has 1 aliphatic heterocycles. The van der Waals surface area contributed by atoms with Gasteiger partial charge in [0.05, 0.1) is 5.41 Å². The minimum absolute atomic E-state index is 0.0000292. The van der Waals surface area contributed by atoms with Gasteiger partial charge in [-0.25, -0.2) is 0 Å². The highest BCUT2D eigenvalue weighted by Crippen LogP contribution is 2.34. The van der Waals surface area contributed by atoms with Gasteiger partial charge in [-0.1, -0.05) is 57.2 Å². The summed E-state index contributed by atoms with van der Waals surface area (Å²) in [6, 6.07) is 12.9. The lowest BCUT2D eigenvalue weighted by Gasteiger charge is -2.21. The lowest BCUT2D eigenvalue weighted by Crippen LogP contribution is -2.28. The number of fused-ring (bicyclic) bond motifs is 1. The van der Waals surface area contributed by atoms with Crippen LogP contribution in [0.15, 0.2) is 42.1 Å². The summed E-state index contributed by atoms with van der Waals surface area (Å²) in [4.78, 5) is 12.0. The van der Waals surface area contributed by atoms with E-state index in [1.807, 2.05) is 13.8 Å². The Kier molecular flexibility index (Phi) is 3.47. The molecule has 2 aromatic rings. The van der Waals surface area contributed by atoms with Crippen molar-refractivity contribution >= 4 is 22.8 Å². The second kappa shape index (κ2) is 5.12. The van der Waals surface area contributed by atoms with Crippen LogP contribution < -0.4 is 10.9 Å². The maximum Gasteiger partial charge on any atom is 0.249 e. The van der Waals surface area contributed by atoms with Crippen molar-refractivity contribution in [3.8, 4) is 0 Å². The van der Waals surface area contributed by atoms with Crippen LogP contribution >= 0.6 is 0 Å². The minimum Gasteiger partial charge on any atom is -0.302 e. The summed E-state index contributed by atoms with van der Waals surface area (Å²) >= 11 is 0. The first-order valence-electron chi connectivity index (χ1n) is 8.01. The largest absolute Gasteiger partial charge is 0.302 e. The number of amides is 1. The summed E-state index contributed by atoms with van der Waals surface area (Å²) in [5.41, 5.74) is 8.61. The molecule has 0 aliphatic carbocycles. The molecule has 1 heterocycles. The molecule has 120 valence electrons. The normalized spacial score (nSPS) is 19.0. The monoisotopic (exact) mass is 308 g/mol. The third kappa shape index (κ3) is 2.72. The van der Waals surface area contributed by atoms with Crippen LogP contribution in [0.5, 0.6) is 0 Å². The number of carbonyl (C=O) groups excluding carboxylic acids is 1. The average Bonchev–Trinajstić information content (AvgIpc) is 2.73. The molecule has 3 heteroatoms. The van der Waals surface area contributed by atoms with Gasteiger partial charge >= 0.3 is 0 Å². The zero-order chi connectivity index (χ0) is 16.8. The van der Waals surface area contributed by atoms with Gasteiger partial charge in [0.25, 0.3) is 0 Å². The SMILES string of the molecule is CC1(C)C(=O)NN/C1=C\c1cc(C(C)(C)C)cc2ccccc12. The first-order chi connectivity index (χ1) is 10.7. The molecule has 3 rings (SSSR count). The molecule has 0 spiro atoms. The Balaban J connectivity index is 2.22.